The van der Waals surface area contributed by atoms with Crippen molar-refractivity contribution in [3.8, 4) is 16.9 Å². The molecule has 0 aliphatic heterocycles. The van der Waals surface area contributed by atoms with Gasteiger partial charge < -0.3 is 5.32 Å². The number of amides is 1. The number of alkyl halides is 3. The Morgan fingerprint density at radius 2 is 1.77 bits per heavy atom. The number of rotatable bonds is 4. The fourth-order valence-electron chi connectivity index (χ4n) is 3.71. The summed E-state index contributed by atoms with van der Waals surface area (Å²) in [5.41, 5.74) is -0.867. The van der Waals surface area contributed by atoms with E-state index < -0.39 is 34.6 Å². The number of anilines is 1. The molecule has 1 amide bonds. The summed E-state index contributed by atoms with van der Waals surface area (Å²) in [4.78, 5) is 17.4. The summed E-state index contributed by atoms with van der Waals surface area (Å²) >= 11 is 0. The monoisotopic (exact) mass is 480 g/mol. The van der Waals surface area contributed by atoms with E-state index in [2.05, 4.69) is 20.5 Å². The molecule has 176 valence electrons. The molecule has 35 heavy (non-hydrogen) atoms. The number of hydrogen-bond acceptors (Lipinski definition) is 4. The molecule has 0 fully saturated rings. The first-order valence-corrected chi connectivity index (χ1v) is 10.3. The first-order chi connectivity index (χ1) is 16.7. The second-order valence-electron chi connectivity index (χ2n) is 7.67. The number of halogens is 4. The summed E-state index contributed by atoms with van der Waals surface area (Å²) in [5.74, 6) is -2.13. The zero-order chi connectivity index (χ0) is 24.7. The molecule has 11 heteroatoms. The van der Waals surface area contributed by atoms with E-state index in [-0.39, 0.29) is 11.5 Å². The summed E-state index contributed by atoms with van der Waals surface area (Å²) in [6, 6.07) is 14.7. The maximum Gasteiger partial charge on any atom is 0.417 e. The van der Waals surface area contributed by atoms with Crippen molar-refractivity contribution in [3.05, 3.63) is 90.0 Å². The van der Waals surface area contributed by atoms with E-state index in [1.54, 1.807) is 42.5 Å². The van der Waals surface area contributed by atoms with Crippen molar-refractivity contribution in [2.24, 2.45) is 7.05 Å². The summed E-state index contributed by atoms with van der Waals surface area (Å²) in [6.45, 7) is 0. The fraction of sp³-hybridized carbons (Fsp3) is 0.0833. The minimum atomic E-state index is -4.85. The average molecular weight is 480 g/mol. The van der Waals surface area contributed by atoms with Gasteiger partial charge in [0, 0.05) is 25.0 Å². The maximum atomic E-state index is 14.9. The third-order valence-electron chi connectivity index (χ3n) is 5.31. The largest absolute Gasteiger partial charge is 0.417 e. The van der Waals surface area contributed by atoms with Gasteiger partial charge in [-0.05, 0) is 42.5 Å². The van der Waals surface area contributed by atoms with Crippen LogP contribution in [0.4, 0.5) is 23.4 Å². The molecule has 0 spiro atoms. The van der Waals surface area contributed by atoms with E-state index in [1.165, 1.54) is 34.9 Å². The molecule has 5 rings (SSSR count). The first-order valence-electron chi connectivity index (χ1n) is 10.3. The van der Waals surface area contributed by atoms with Gasteiger partial charge in [0.05, 0.1) is 22.5 Å². The summed E-state index contributed by atoms with van der Waals surface area (Å²) in [7, 11) is 1.54. The van der Waals surface area contributed by atoms with Gasteiger partial charge >= 0.3 is 6.18 Å². The molecular weight excluding hydrogens is 464 g/mol. The van der Waals surface area contributed by atoms with Crippen molar-refractivity contribution in [3.63, 3.8) is 0 Å². The van der Waals surface area contributed by atoms with Gasteiger partial charge in [0.1, 0.15) is 16.9 Å². The quantitative estimate of drug-likeness (QED) is 0.358. The summed E-state index contributed by atoms with van der Waals surface area (Å²) in [5, 5.41) is 11.0. The number of fused-ring (bicyclic) bond motifs is 1. The number of pyridine rings is 1. The molecular formula is C24H16F4N6O. The van der Waals surface area contributed by atoms with Crippen LogP contribution in [0, 0.1) is 5.82 Å². The minimum absolute atomic E-state index is 0.0460. The molecule has 3 heterocycles. The number of aromatic nitrogens is 5. The van der Waals surface area contributed by atoms with E-state index in [9.17, 15) is 22.4 Å². The molecule has 0 saturated carbocycles. The molecule has 0 atom stereocenters. The van der Waals surface area contributed by atoms with E-state index in [0.29, 0.717) is 22.8 Å². The molecule has 1 N–H and O–H groups in total. The molecule has 0 radical (unpaired) electrons. The van der Waals surface area contributed by atoms with Gasteiger partial charge in [0.25, 0.3) is 5.91 Å². The first kappa shape index (κ1) is 22.3. The highest BCUT2D eigenvalue weighted by atomic mass is 19.4. The van der Waals surface area contributed by atoms with Crippen LogP contribution in [0.3, 0.4) is 0 Å². The third-order valence-corrected chi connectivity index (χ3v) is 5.31. The van der Waals surface area contributed by atoms with Crippen molar-refractivity contribution < 1.29 is 22.4 Å². The normalized spacial score (nSPS) is 11.7. The number of benzene rings is 2. The highest BCUT2D eigenvalue weighted by Gasteiger charge is 2.36. The van der Waals surface area contributed by atoms with Crippen LogP contribution in [0.5, 0.6) is 0 Å². The molecule has 2 aromatic carbocycles. The molecule has 5 aromatic rings. The van der Waals surface area contributed by atoms with Gasteiger partial charge in [-0.15, -0.1) is 0 Å². The molecule has 0 saturated heterocycles. The Hall–Kier alpha value is -4.54. The average Bonchev–Trinajstić information content (AvgIpc) is 3.42. The zero-order valence-corrected chi connectivity index (χ0v) is 18.1. The lowest BCUT2D eigenvalue weighted by atomic mass is 9.99. The van der Waals surface area contributed by atoms with Gasteiger partial charge in [0.15, 0.2) is 5.82 Å². The molecule has 3 aromatic heterocycles. The Bertz CT molecular complexity index is 1560. The van der Waals surface area contributed by atoms with Crippen molar-refractivity contribution >= 4 is 22.8 Å². The lowest BCUT2D eigenvalue weighted by molar-refractivity contribution is -0.137. The van der Waals surface area contributed by atoms with E-state index in [0.717, 1.165) is 6.07 Å². The summed E-state index contributed by atoms with van der Waals surface area (Å²) < 4.78 is 58.6. The molecule has 0 aliphatic rings. The third kappa shape index (κ3) is 4.12. The molecule has 0 bridgehead atoms. The number of carbonyl (C=O) groups is 1. The Kier molecular flexibility index (Phi) is 5.31. The van der Waals surface area contributed by atoms with Gasteiger partial charge in [-0.1, -0.05) is 18.2 Å². The Morgan fingerprint density at radius 3 is 2.46 bits per heavy atom. The second-order valence-corrected chi connectivity index (χ2v) is 7.67. The van der Waals surface area contributed by atoms with Crippen LogP contribution in [0.15, 0.2) is 73.1 Å². The number of para-hydroxylation sites is 1. The second kappa shape index (κ2) is 8.35. The lowest BCUT2D eigenvalue weighted by Gasteiger charge is -2.15. The predicted octanol–water partition coefficient (Wildman–Crippen LogP) is 5.23. The number of aryl methyl sites for hydroxylation is 1. The van der Waals surface area contributed by atoms with Gasteiger partial charge in [-0.3, -0.25) is 14.5 Å². The number of hydrogen-bond donors (Lipinski definition) is 1. The standard InChI is InChI=1S/C24H16F4N6O/c1-33-11-9-19(31-33)15-12-16(18(25)13-17(15)24(26,27)28)23(35)30-22-21-20(8-5-10-29-21)32-34(22)14-6-3-2-4-7-14/h2-13H,1H3,(H,30,35). The van der Waals surface area contributed by atoms with Crippen LogP contribution in [0.2, 0.25) is 0 Å². The topological polar surface area (TPSA) is 77.6 Å². The van der Waals surface area contributed by atoms with Crippen molar-refractivity contribution in [1.82, 2.24) is 24.5 Å². The van der Waals surface area contributed by atoms with Crippen LogP contribution in [-0.4, -0.2) is 30.5 Å². The van der Waals surface area contributed by atoms with E-state index in [1.807, 2.05) is 0 Å². The van der Waals surface area contributed by atoms with Crippen molar-refractivity contribution in [2.45, 2.75) is 6.18 Å². The number of carbonyl (C=O) groups excluding carboxylic acids is 1. The van der Waals surface area contributed by atoms with Gasteiger partial charge in [-0.25, -0.2) is 9.07 Å². The van der Waals surface area contributed by atoms with Crippen LogP contribution in [-0.2, 0) is 13.2 Å². The van der Waals surface area contributed by atoms with Crippen molar-refractivity contribution in [2.75, 3.05) is 5.32 Å². The number of nitrogens with one attached hydrogen (secondary N) is 1. The van der Waals surface area contributed by atoms with Crippen LogP contribution >= 0.6 is 0 Å². The smallest absolute Gasteiger partial charge is 0.305 e. The van der Waals surface area contributed by atoms with Crippen LogP contribution in [0.25, 0.3) is 28.0 Å². The van der Waals surface area contributed by atoms with Crippen LogP contribution in [0.1, 0.15) is 15.9 Å². The minimum Gasteiger partial charge on any atom is -0.305 e. The molecule has 7 nitrogen and oxygen atoms in total. The van der Waals surface area contributed by atoms with Gasteiger partial charge in [-0.2, -0.15) is 23.4 Å². The van der Waals surface area contributed by atoms with E-state index in [4.69, 9.17) is 0 Å². The Balaban J connectivity index is 1.62. The SMILES string of the molecule is Cn1ccc(-c2cc(C(=O)Nc3c4ncccc4nn3-c3ccccc3)c(F)cc2C(F)(F)F)n1. The predicted molar refractivity (Wildman–Crippen MR) is 120 cm³/mol. The number of nitrogens with zero attached hydrogens (tertiary/aromatic N) is 5. The van der Waals surface area contributed by atoms with Crippen molar-refractivity contribution in [1.29, 1.82) is 0 Å². The van der Waals surface area contributed by atoms with Gasteiger partial charge in [0.2, 0.25) is 0 Å². The molecule has 0 aliphatic carbocycles. The molecule has 0 unspecified atom stereocenters. The Labute approximate surface area is 195 Å². The van der Waals surface area contributed by atoms with E-state index >= 15 is 0 Å². The highest BCUT2D eigenvalue weighted by molar-refractivity contribution is 6.08. The summed E-state index contributed by atoms with van der Waals surface area (Å²) in [6.07, 6.45) is -1.89. The fourth-order valence-corrected chi connectivity index (χ4v) is 3.71. The Morgan fingerprint density at radius 1 is 1.00 bits per heavy atom. The lowest BCUT2D eigenvalue weighted by Crippen LogP contribution is -2.18. The maximum absolute atomic E-state index is 14.9. The zero-order valence-electron chi connectivity index (χ0n) is 18.1. The van der Waals surface area contributed by atoms with Crippen LogP contribution < -0.4 is 5.32 Å². The highest BCUT2D eigenvalue weighted by Crippen LogP contribution is 2.38.